The quantitative estimate of drug-likeness (QED) is 0.896. The highest BCUT2D eigenvalue weighted by Gasteiger charge is 2.34. The van der Waals surface area contributed by atoms with Gasteiger partial charge in [0.15, 0.2) is 0 Å². The van der Waals surface area contributed by atoms with Gasteiger partial charge in [-0.25, -0.2) is 4.98 Å². The van der Waals surface area contributed by atoms with Gasteiger partial charge in [-0.1, -0.05) is 0 Å². The van der Waals surface area contributed by atoms with Crippen LogP contribution >= 0.6 is 23.7 Å². The largest absolute Gasteiger partial charge is 0.326 e. The fourth-order valence-electron chi connectivity index (χ4n) is 2.46. The Morgan fingerprint density at radius 1 is 1.50 bits per heavy atom. The summed E-state index contributed by atoms with van der Waals surface area (Å²) >= 11 is 1.59. The third-order valence-corrected chi connectivity index (χ3v) is 4.53. The van der Waals surface area contributed by atoms with Crippen LogP contribution < -0.4 is 10.6 Å². The fourth-order valence-corrected chi connectivity index (χ4v) is 3.18. The van der Waals surface area contributed by atoms with Crippen LogP contribution in [0, 0.1) is 5.41 Å². The van der Waals surface area contributed by atoms with Crippen LogP contribution in [0.5, 0.6) is 0 Å². The number of hydrogen-bond acceptors (Lipinski definition) is 4. The van der Waals surface area contributed by atoms with E-state index in [4.69, 9.17) is 0 Å². The standard InChI is InChI=1S/C14H17N3OS.ClH/c1-14(5-2-6-15-8-14)13(18)17-10-3-4-11-12(7-10)19-9-16-11;/h3-4,7,9,15H,2,5-6,8H2,1H3,(H,17,18);1H. The summed E-state index contributed by atoms with van der Waals surface area (Å²) in [5.41, 5.74) is 3.35. The molecule has 0 radical (unpaired) electrons. The lowest BCUT2D eigenvalue weighted by Gasteiger charge is -2.32. The van der Waals surface area contributed by atoms with Crippen LogP contribution in [0.4, 0.5) is 5.69 Å². The van der Waals surface area contributed by atoms with Gasteiger partial charge in [-0.15, -0.1) is 23.7 Å². The summed E-state index contributed by atoms with van der Waals surface area (Å²) in [6.07, 6.45) is 1.99. The van der Waals surface area contributed by atoms with Gasteiger partial charge in [-0.3, -0.25) is 4.79 Å². The van der Waals surface area contributed by atoms with E-state index in [1.807, 2.05) is 30.6 Å². The smallest absolute Gasteiger partial charge is 0.231 e. The Labute approximate surface area is 128 Å². The second-order valence-corrected chi connectivity index (χ2v) is 6.22. The molecule has 1 amide bonds. The lowest BCUT2D eigenvalue weighted by molar-refractivity contribution is -0.125. The van der Waals surface area contributed by atoms with Crippen molar-refractivity contribution in [1.29, 1.82) is 0 Å². The van der Waals surface area contributed by atoms with Crippen LogP contribution in [0.2, 0.25) is 0 Å². The number of anilines is 1. The minimum atomic E-state index is -0.305. The highest BCUT2D eigenvalue weighted by Crippen LogP contribution is 2.28. The highest BCUT2D eigenvalue weighted by molar-refractivity contribution is 7.16. The lowest BCUT2D eigenvalue weighted by Crippen LogP contribution is -2.46. The Kier molecular flexibility index (Phi) is 4.62. The molecule has 1 aromatic heterocycles. The predicted molar refractivity (Wildman–Crippen MR) is 85.7 cm³/mol. The monoisotopic (exact) mass is 311 g/mol. The second kappa shape index (κ2) is 6.08. The van der Waals surface area contributed by atoms with Crippen LogP contribution in [0.25, 0.3) is 10.2 Å². The number of nitrogens with zero attached hydrogens (tertiary/aromatic N) is 1. The van der Waals surface area contributed by atoms with Gasteiger partial charge in [0, 0.05) is 12.2 Å². The number of amides is 1. The molecule has 0 aliphatic carbocycles. The number of piperidine rings is 1. The number of hydrogen-bond donors (Lipinski definition) is 2. The molecule has 4 nitrogen and oxygen atoms in total. The zero-order valence-corrected chi connectivity index (χ0v) is 12.9. The summed E-state index contributed by atoms with van der Waals surface area (Å²) in [6, 6.07) is 5.85. The Morgan fingerprint density at radius 3 is 3.10 bits per heavy atom. The Balaban J connectivity index is 0.00000147. The number of carbonyl (C=O) groups is 1. The maximum absolute atomic E-state index is 12.4. The summed E-state index contributed by atoms with van der Waals surface area (Å²) in [6.45, 7) is 3.79. The third kappa shape index (κ3) is 2.95. The van der Waals surface area contributed by atoms with Gasteiger partial charge in [0.05, 0.1) is 21.1 Å². The van der Waals surface area contributed by atoms with E-state index in [1.54, 1.807) is 11.3 Å². The minimum absolute atomic E-state index is 0. The van der Waals surface area contributed by atoms with Crippen molar-refractivity contribution in [3.63, 3.8) is 0 Å². The molecule has 2 heterocycles. The van der Waals surface area contributed by atoms with Crippen LogP contribution in [-0.2, 0) is 4.79 Å². The number of carbonyl (C=O) groups excluding carboxylic acids is 1. The Hall–Kier alpha value is -1.17. The van der Waals surface area contributed by atoms with Crippen LogP contribution in [0.1, 0.15) is 19.8 Å². The van der Waals surface area contributed by atoms with Gasteiger partial charge in [0.25, 0.3) is 0 Å². The number of aromatic nitrogens is 1. The number of benzene rings is 1. The molecule has 0 spiro atoms. The van der Waals surface area contributed by atoms with E-state index < -0.39 is 0 Å². The summed E-state index contributed by atoms with van der Waals surface area (Å²) in [4.78, 5) is 16.6. The van der Waals surface area contributed by atoms with Crippen LogP contribution in [0.15, 0.2) is 23.7 Å². The van der Waals surface area contributed by atoms with Crippen molar-refractivity contribution in [3.8, 4) is 0 Å². The van der Waals surface area contributed by atoms with Gasteiger partial charge < -0.3 is 10.6 Å². The van der Waals surface area contributed by atoms with Crippen molar-refractivity contribution in [3.05, 3.63) is 23.7 Å². The van der Waals surface area contributed by atoms with Gasteiger partial charge >= 0.3 is 0 Å². The highest BCUT2D eigenvalue weighted by atomic mass is 35.5. The number of nitrogens with one attached hydrogen (secondary N) is 2. The Bertz CT molecular complexity index is 607. The normalized spacial score (nSPS) is 22.2. The molecule has 0 bridgehead atoms. The van der Waals surface area contributed by atoms with Crippen LogP contribution in [-0.4, -0.2) is 24.0 Å². The van der Waals surface area contributed by atoms with Gasteiger partial charge in [-0.2, -0.15) is 0 Å². The molecule has 1 aliphatic rings. The molecule has 3 rings (SSSR count). The van der Waals surface area contributed by atoms with Crippen molar-refractivity contribution in [2.24, 2.45) is 5.41 Å². The molecule has 2 aromatic rings. The summed E-state index contributed by atoms with van der Waals surface area (Å²) < 4.78 is 1.10. The summed E-state index contributed by atoms with van der Waals surface area (Å²) in [5.74, 6) is 0.101. The molecule has 108 valence electrons. The molecule has 2 N–H and O–H groups in total. The summed E-state index contributed by atoms with van der Waals surface area (Å²) in [7, 11) is 0. The molecular weight excluding hydrogens is 294 g/mol. The first-order chi connectivity index (χ1) is 9.17. The van der Waals surface area contributed by atoms with E-state index in [-0.39, 0.29) is 23.7 Å². The average molecular weight is 312 g/mol. The van der Waals surface area contributed by atoms with E-state index in [2.05, 4.69) is 15.6 Å². The van der Waals surface area contributed by atoms with Crippen molar-refractivity contribution in [2.75, 3.05) is 18.4 Å². The third-order valence-electron chi connectivity index (χ3n) is 3.73. The number of rotatable bonds is 2. The van der Waals surface area contributed by atoms with Gasteiger partial charge in [0.2, 0.25) is 5.91 Å². The minimum Gasteiger partial charge on any atom is -0.326 e. The zero-order valence-electron chi connectivity index (χ0n) is 11.3. The summed E-state index contributed by atoms with van der Waals surface area (Å²) in [5, 5.41) is 6.33. The molecule has 20 heavy (non-hydrogen) atoms. The topological polar surface area (TPSA) is 54.0 Å². The average Bonchev–Trinajstić information content (AvgIpc) is 2.87. The number of fused-ring (bicyclic) bond motifs is 1. The molecule has 1 atom stereocenters. The molecule has 1 unspecified atom stereocenters. The van der Waals surface area contributed by atoms with Crippen molar-refractivity contribution in [1.82, 2.24) is 10.3 Å². The first-order valence-corrected chi connectivity index (χ1v) is 7.41. The van der Waals surface area contributed by atoms with Crippen molar-refractivity contribution >= 4 is 45.6 Å². The van der Waals surface area contributed by atoms with E-state index in [1.165, 1.54) is 0 Å². The first kappa shape index (κ1) is 15.2. The van der Waals surface area contributed by atoms with E-state index in [0.29, 0.717) is 0 Å². The number of thiazole rings is 1. The molecule has 1 saturated heterocycles. The molecule has 1 aromatic carbocycles. The Morgan fingerprint density at radius 2 is 2.35 bits per heavy atom. The fraction of sp³-hybridized carbons (Fsp3) is 0.429. The molecule has 1 fully saturated rings. The predicted octanol–water partition coefficient (Wildman–Crippen LogP) is 3.05. The van der Waals surface area contributed by atoms with Crippen LogP contribution in [0.3, 0.4) is 0 Å². The van der Waals surface area contributed by atoms with E-state index >= 15 is 0 Å². The molecule has 1 aliphatic heterocycles. The van der Waals surface area contributed by atoms with Gasteiger partial charge in [-0.05, 0) is 44.5 Å². The maximum Gasteiger partial charge on any atom is 0.231 e. The first-order valence-electron chi connectivity index (χ1n) is 6.53. The lowest BCUT2D eigenvalue weighted by atomic mass is 9.82. The second-order valence-electron chi connectivity index (χ2n) is 5.33. The number of halogens is 1. The molecule has 0 saturated carbocycles. The van der Waals surface area contributed by atoms with Crippen molar-refractivity contribution < 1.29 is 4.79 Å². The van der Waals surface area contributed by atoms with E-state index in [0.717, 1.165) is 41.8 Å². The SMILES string of the molecule is CC1(C(=O)Nc2ccc3ncsc3c2)CCCNC1.Cl. The van der Waals surface area contributed by atoms with E-state index in [9.17, 15) is 4.79 Å². The maximum atomic E-state index is 12.4. The molecular formula is C14H18ClN3OS. The van der Waals surface area contributed by atoms with Gasteiger partial charge in [0.1, 0.15) is 0 Å². The van der Waals surface area contributed by atoms with Crippen molar-refractivity contribution in [2.45, 2.75) is 19.8 Å². The zero-order chi connectivity index (χ0) is 13.3. The molecule has 6 heteroatoms.